The lowest BCUT2D eigenvalue weighted by atomic mass is 9.94. The third-order valence-corrected chi connectivity index (χ3v) is 4.30. The SMILES string of the molecule is Cc1ccc(C(N)CC2CCCC2)c(Br)c1. The van der Waals surface area contributed by atoms with Crippen molar-refractivity contribution in [3.8, 4) is 0 Å². The first-order chi connectivity index (χ1) is 7.66. The fourth-order valence-electron chi connectivity index (χ4n) is 2.67. The second kappa shape index (κ2) is 5.33. The standard InChI is InChI=1S/C14H20BrN/c1-10-6-7-12(13(15)8-10)14(16)9-11-4-2-3-5-11/h6-8,11,14H,2-5,9,16H2,1H3. The van der Waals surface area contributed by atoms with Crippen molar-refractivity contribution in [1.29, 1.82) is 0 Å². The van der Waals surface area contributed by atoms with Gasteiger partial charge in [0.1, 0.15) is 0 Å². The van der Waals surface area contributed by atoms with Crippen LogP contribution in [-0.2, 0) is 0 Å². The molecule has 1 saturated carbocycles. The molecule has 0 saturated heterocycles. The van der Waals surface area contributed by atoms with Crippen LogP contribution in [0.4, 0.5) is 0 Å². The van der Waals surface area contributed by atoms with Crippen molar-refractivity contribution >= 4 is 15.9 Å². The maximum atomic E-state index is 6.30. The maximum Gasteiger partial charge on any atom is 0.0308 e. The first-order valence-corrected chi connectivity index (χ1v) is 6.98. The maximum absolute atomic E-state index is 6.30. The van der Waals surface area contributed by atoms with E-state index < -0.39 is 0 Å². The number of halogens is 1. The van der Waals surface area contributed by atoms with Gasteiger partial charge in [0, 0.05) is 10.5 Å². The van der Waals surface area contributed by atoms with Crippen LogP contribution in [0.2, 0.25) is 0 Å². The fraction of sp³-hybridized carbons (Fsp3) is 0.571. The highest BCUT2D eigenvalue weighted by Gasteiger charge is 2.19. The molecule has 1 aromatic rings. The summed E-state index contributed by atoms with van der Waals surface area (Å²) in [7, 11) is 0. The predicted octanol–water partition coefficient (Wildman–Crippen LogP) is 4.34. The largest absolute Gasteiger partial charge is 0.324 e. The fourth-order valence-corrected chi connectivity index (χ4v) is 3.45. The molecule has 0 radical (unpaired) electrons. The molecule has 1 unspecified atom stereocenters. The molecule has 1 aliphatic carbocycles. The Kier molecular flexibility index (Phi) is 4.04. The zero-order valence-corrected chi connectivity index (χ0v) is 11.5. The molecule has 0 aromatic heterocycles. The van der Waals surface area contributed by atoms with E-state index >= 15 is 0 Å². The number of nitrogens with two attached hydrogens (primary N) is 1. The molecule has 0 spiro atoms. The molecule has 2 heteroatoms. The van der Waals surface area contributed by atoms with Crippen LogP contribution in [0.3, 0.4) is 0 Å². The minimum Gasteiger partial charge on any atom is -0.324 e. The van der Waals surface area contributed by atoms with Gasteiger partial charge in [0.2, 0.25) is 0 Å². The highest BCUT2D eigenvalue weighted by atomic mass is 79.9. The monoisotopic (exact) mass is 281 g/mol. The van der Waals surface area contributed by atoms with Gasteiger partial charge in [-0.2, -0.15) is 0 Å². The van der Waals surface area contributed by atoms with Crippen LogP contribution >= 0.6 is 15.9 Å². The number of benzene rings is 1. The van der Waals surface area contributed by atoms with Gasteiger partial charge in [-0.05, 0) is 36.5 Å². The second-order valence-electron chi connectivity index (χ2n) is 5.02. The van der Waals surface area contributed by atoms with Crippen molar-refractivity contribution in [3.63, 3.8) is 0 Å². The predicted molar refractivity (Wildman–Crippen MR) is 72.4 cm³/mol. The molecule has 1 fully saturated rings. The van der Waals surface area contributed by atoms with Crippen molar-refractivity contribution in [2.24, 2.45) is 11.7 Å². The summed E-state index contributed by atoms with van der Waals surface area (Å²) >= 11 is 3.62. The zero-order chi connectivity index (χ0) is 11.5. The van der Waals surface area contributed by atoms with Gasteiger partial charge in [0.15, 0.2) is 0 Å². The van der Waals surface area contributed by atoms with E-state index in [0.29, 0.717) is 0 Å². The van der Waals surface area contributed by atoms with Gasteiger partial charge < -0.3 is 5.73 Å². The second-order valence-corrected chi connectivity index (χ2v) is 5.87. The molecule has 0 amide bonds. The smallest absolute Gasteiger partial charge is 0.0308 e. The Bertz CT molecular complexity index is 356. The first kappa shape index (κ1) is 12.1. The van der Waals surface area contributed by atoms with Gasteiger partial charge in [-0.15, -0.1) is 0 Å². The summed E-state index contributed by atoms with van der Waals surface area (Å²) in [6.07, 6.45) is 6.68. The molecule has 16 heavy (non-hydrogen) atoms. The van der Waals surface area contributed by atoms with Crippen LogP contribution in [-0.4, -0.2) is 0 Å². The van der Waals surface area contributed by atoms with Crippen LogP contribution < -0.4 is 5.73 Å². The summed E-state index contributed by atoms with van der Waals surface area (Å²) < 4.78 is 1.16. The average molecular weight is 282 g/mol. The summed E-state index contributed by atoms with van der Waals surface area (Å²) in [6.45, 7) is 2.11. The summed E-state index contributed by atoms with van der Waals surface area (Å²) in [5, 5.41) is 0. The Morgan fingerprint density at radius 2 is 2.06 bits per heavy atom. The molecule has 0 heterocycles. The van der Waals surface area contributed by atoms with E-state index in [9.17, 15) is 0 Å². The Labute approximate surface area is 107 Å². The van der Waals surface area contributed by atoms with Crippen LogP contribution in [0, 0.1) is 12.8 Å². The summed E-state index contributed by atoms with van der Waals surface area (Å²) in [5.41, 5.74) is 8.84. The van der Waals surface area contributed by atoms with E-state index in [4.69, 9.17) is 5.73 Å². The molecule has 88 valence electrons. The van der Waals surface area contributed by atoms with Gasteiger partial charge in [0.25, 0.3) is 0 Å². The van der Waals surface area contributed by atoms with Crippen molar-refractivity contribution in [2.75, 3.05) is 0 Å². The van der Waals surface area contributed by atoms with Gasteiger partial charge in [0.05, 0.1) is 0 Å². The topological polar surface area (TPSA) is 26.0 Å². The van der Waals surface area contributed by atoms with E-state index in [1.54, 1.807) is 0 Å². The Balaban J connectivity index is 2.04. The van der Waals surface area contributed by atoms with Crippen molar-refractivity contribution in [3.05, 3.63) is 33.8 Å². The number of hydrogen-bond acceptors (Lipinski definition) is 1. The lowest BCUT2D eigenvalue weighted by Crippen LogP contribution is -2.14. The van der Waals surface area contributed by atoms with Crippen molar-refractivity contribution < 1.29 is 0 Å². The van der Waals surface area contributed by atoms with Crippen molar-refractivity contribution in [2.45, 2.75) is 45.1 Å². The van der Waals surface area contributed by atoms with Crippen LogP contribution in [0.15, 0.2) is 22.7 Å². The highest BCUT2D eigenvalue weighted by molar-refractivity contribution is 9.10. The van der Waals surface area contributed by atoms with Gasteiger partial charge in [-0.25, -0.2) is 0 Å². The Morgan fingerprint density at radius 3 is 2.69 bits per heavy atom. The molecule has 2 rings (SSSR count). The lowest BCUT2D eigenvalue weighted by molar-refractivity contribution is 0.450. The third kappa shape index (κ3) is 2.86. The molecule has 2 N–H and O–H groups in total. The van der Waals surface area contributed by atoms with Gasteiger partial charge in [-0.3, -0.25) is 0 Å². The van der Waals surface area contributed by atoms with E-state index in [1.807, 2.05) is 0 Å². The zero-order valence-electron chi connectivity index (χ0n) is 9.88. The Morgan fingerprint density at radius 1 is 1.38 bits per heavy atom. The molecular weight excluding hydrogens is 262 g/mol. The minimum absolute atomic E-state index is 0.193. The van der Waals surface area contributed by atoms with Crippen molar-refractivity contribution in [1.82, 2.24) is 0 Å². The van der Waals surface area contributed by atoms with E-state index in [2.05, 4.69) is 41.1 Å². The third-order valence-electron chi connectivity index (χ3n) is 3.62. The van der Waals surface area contributed by atoms with E-state index in [0.717, 1.165) is 16.8 Å². The quantitative estimate of drug-likeness (QED) is 0.877. The normalized spacial score (nSPS) is 18.9. The van der Waals surface area contributed by atoms with Crippen LogP contribution in [0.1, 0.15) is 49.3 Å². The molecule has 1 nitrogen and oxygen atoms in total. The average Bonchev–Trinajstić information content (AvgIpc) is 2.70. The summed E-state index contributed by atoms with van der Waals surface area (Å²) in [5.74, 6) is 0.850. The molecule has 1 aliphatic rings. The minimum atomic E-state index is 0.193. The van der Waals surface area contributed by atoms with E-state index in [1.165, 1.54) is 36.8 Å². The summed E-state index contributed by atoms with van der Waals surface area (Å²) in [4.78, 5) is 0. The molecular formula is C14H20BrN. The van der Waals surface area contributed by atoms with Crippen LogP contribution in [0.5, 0.6) is 0 Å². The number of aryl methyl sites for hydroxylation is 1. The molecule has 0 bridgehead atoms. The first-order valence-electron chi connectivity index (χ1n) is 6.18. The highest BCUT2D eigenvalue weighted by Crippen LogP contribution is 2.34. The van der Waals surface area contributed by atoms with Gasteiger partial charge >= 0.3 is 0 Å². The van der Waals surface area contributed by atoms with Crippen LogP contribution in [0.25, 0.3) is 0 Å². The van der Waals surface area contributed by atoms with Gasteiger partial charge in [-0.1, -0.05) is 53.7 Å². The number of hydrogen-bond donors (Lipinski definition) is 1. The molecule has 1 atom stereocenters. The van der Waals surface area contributed by atoms with E-state index in [-0.39, 0.29) is 6.04 Å². The summed E-state index contributed by atoms with van der Waals surface area (Å²) in [6, 6.07) is 6.66. The Hall–Kier alpha value is -0.340. The molecule has 0 aliphatic heterocycles. The number of rotatable bonds is 3. The lowest BCUT2D eigenvalue weighted by Gasteiger charge is -2.18. The molecule has 1 aromatic carbocycles.